The van der Waals surface area contributed by atoms with E-state index in [0.29, 0.717) is 21.7 Å². The van der Waals surface area contributed by atoms with Crippen LogP contribution in [-0.4, -0.2) is 11.3 Å². The van der Waals surface area contributed by atoms with Crippen LogP contribution in [0, 0.1) is 6.92 Å². The molecule has 0 aliphatic heterocycles. The maximum absolute atomic E-state index is 12.2. The fraction of sp³-hybridized carbons (Fsp3) is 0.154. The Bertz CT molecular complexity index is 662. The summed E-state index contributed by atoms with van der Waals surface area (Å²) in [7, 11) is 0. The summed E-state index contributed by atoms with van der Waals surface area (Å²) < 4.78 is 41.1. The molecule has 0 fully saturated rings. The van der Waals surface area contributed by atoms with Crippen molar-refractivity contribution in [2.45, 2.75) is 13.3 Å². The number of nitrogens with zero attached hydrogens (tertiary/aromatic N) is 1. The average Bonchev–Trinajstić information content (AvgIpc) is 2.38. The lowest BCUT2D eigenvalue weighted by molar-refractivity contribution is -0.274. The first-order valence-electron chi connectivity index (χ1n) is 5.79. The maximum atomic E-state index is 12.2. The highest BCUT2D eigenvalue weighted by Gasteiger charge is 2.31. The standard InChI is InChI=1S/C13H11BrF3N3O/c1-7-10(18)6-19-12(11(7)14)20-8-3-2-4-9(5-8)21-13(15,16)17/h2-6H,18H2,1H3,(H,19,20). The molecule has 2 rings (SSSR count). The molecule has 1 aromatic heterocycles. The van der Waals surface area contributed by atoms with E-state index in [1.807, 2.05) is 0 Å². The molecule has 21 heavy (non-hydrogen) atoms. The van der Waals surface area contributed by atoms with Gasteiger partial charge in [-0.2, -0.15) is 0 Å². The van der Waals surface area contributed by atoms with Gasteiger partial charge in [0.25, 0.3) is 0 Å². The molecule has 4 nitrogen and oxygen atoms in total. The Morgan fingerprint density at radius 2 is 2.05 bits per heavy atom. The third-order valence-electron chi connectivity index (χ3n) is 2.63. The number of nitrogen functional groups attached to an aromatic ring is 1. The second-order valence-electron chi connectivity index (χ2n) is 4.20. The van der Waals surface area contributed by atoms with Crippen molar-refractivity contribution < 1.29 is 17.9 Å². The molecule has 8 heteroatoms. The number of anilines is 3. The van der Waals surface area contributed by atoms with E-state index >= 15 is 0 Å². The van der Waals surface area contributed by atoms with Crippen LogP contribution in [0.1, 0.15) is 5.56 Å². The molecule has 0 aliphatic rings. The lowest BCUT2D eigenvalue weighted by Gasteiger charge is -2.13. The molecule has 2 aromatic rings. The van der Waals surface area contributed by atoms with E-state index in [0.717, 1.165) is 5.56 Å². The summed E-state index contributed by atoms with van der Waals surface area (Å²) in [5, 5.41) is 2.91. The van der Waals surface area contributed by atoms with Gasteiger partial charge >= 0.3 is 6.36 Å². The second kappa shape index (κ2) is 5.80. The number of halogens is 4. The van der Waals surface area contributed by atoms with Gasteiger partial charge in [0.2, 0.25) is 0 Å². The first kappa shape index (κ1) is 15.4. The molecule has 1 heterocycles. The quantitative estimate of drug-likeness (QED) is 0.851. The minimum absolute atomic E-state index is 0.309. The Balaban J connectivity index is 2.24. The van der Waals surface area contributed by atoms with Crippen LogP contribution in [0.15, 0.2) is 34.9 Å². The highest BCUT2D eigenvalue weighted by molar-refractivity contribution is 9.10. The fourth-order valence-electron chi connectivity index (χ4n) is 1.59. The van der Waals surface area contributed by atoms with E-state index in [-0.39, 0.29) is 5.75 Å². The molecule has 0 spiro atoms. The van der Waals surface area contributed by atoms with E-state index in [1.165, 1.54) is 24.4 Å². The van der Waals surface area contributed by atoms with Gasteiger partial charge in [0.1, 0.15) is 11.6 Å². The van der Waals surface area contributed by atoms with Gasteiger partial charge in [-0.1, -0.05) is 6.07 Å². The van der Waals surface area contributed by atoms with Gasteiger partial charge in [-0.25, -0.2) is 4.98 Å². The van der Waals surface area contributed by atoms with Crippen molar-refractivity contribution in [1.82, 2.24) is 4.98 Å². The fourth-order valence-corrected chi connectivity index (χ4v) is 2.02. The third-order valence-corrected chi connectivity index (χ3v) is 3.60. The molecule has 0 amide bonds. The summed E-state index contributed by atoms with van der Waals surface area (Å²) in [5.74, 6) is 0.140. The number of nitrogens with one attached hydrogen (secondary N) is 1. The molecule has 1 aromatic carbocycles. The van der Waals surface area contributed by atoms with Crippen molar-refractivity contribution in [3.8, 4) is 5.75 Å². The number of alkyl halides is 3. The number of ether oxygens (including phenoxy) is 1. The molecule has 0 bridgehead atoms. The number of hydrogen-bond donors (Lipinski definition) is 2. The second-order valence-corrected chi connectivity index (χ2v) is 4.99. The predicted molar refractivity (Wildman–Crippen MR) is 77.5 cm³/mol. The molecule has 0 atom stereocenters. The normalized spacial score (nSPS) is 11.3. The van der Waals surface area contributed by atoms with Crippen LogP contribution < -0.4 is 15.8 Å². The van der Waals surface area contributed by atoms with Crippen molar-refractivity contribution >= 4 is 33.1 Å². The Kier molecular flexibility index (Phi) is 4.26. The van der Waals surface area contributed by atoms with Crippen LogP contribution in [-0.2, 0) is 0 Å². The number of benzene rings is 1. The molecule has 0 saturated heterocycles. The SMILES string of the molecule is Cc1c(N)cnc(Nc2cccc(OC(F)(F)F)c2)c1Br. The average molecular weight is 362 g/mol. The van der Waals surface area contributed by atoms with E-state index in [2.05, 4.69) is 31.0 Å². The lowest BCUT2D eigenvalue weighted by Crippen LogP contribution is -2.17. The number of nitrogens with two attached hydrogens (primary N) is 1. The predicted octanol–water partition coefficient (Wildman–Crippen LogP) is 4.38. The maximum Gasteiger partial charge on any atom is 0.573 e. The molecule has 112 valence electrons. The topological polar surface area (TPSA) is 60.2 Å². The lowest BCUT2D eigenvalue weighted by atomic mass is 10.2. The zero-order valence-electron chi connectivity index (χ0n) is 10.8. The number of rotatable bonds is 3. The Labute approximate surface area is 127 Å². The van der Waals surface area contributed by atoms with E-state index in [1.54, 1.807) is 13.0 Å². The van der Waals surface area contributed by atoms with E-state index in [9.17, 15) is 13.2 Å². The minimum Gasteiger partial charge on any atom is -0.406 e. The highest BCUT2D eigenvalue weighted by Crippen LogP contribution is 2.31. The summed E-state index contributed by atoms with van der Waals surface area (Å²) in [5.41, 5.74) is 7.42. The number of aromatic nitrogens is 1. The minimum atomic E-state index is -4.73. The van der Waals surface area contributed by atoms with Crippen LogP contribution in [0.5, 0.6) is 5.75 Å². The summed E-state index contributed by atoms with van der Waals surface area (Å²) in [6.07, 6.45) is -3.26. The van der Waals surface area contributed by atoms with Gasteiger partial charge in [0, 0.05) is 11.8 Å². The van der Waals surface area contributed by atoms with Gasteiger partial charge in [-0.05, 0) is 40.5 Å². The summed E-state index contributed by atoms with van der Waals surface area (Å²) in [6.45, 7) is 1.80. The van der Waals surface area contributed by atoms with Gasteiger partial charge in [-0.15, -0.1) is 13.2 Å². The molecular weight excluding hydrogens is 351 g/mol. The zero-order valence-corrected chi connectivity index (χ0v) is 12.4. The first-order valence-corrected chi connectivity index (χ1v) is 6.59. The summed E-state index contributed by atoms with van der Waals surface area (Å²) in [6, 6.07) is 5.49. The van der Waals surface area contributed by atoms with Gasteiger partial charge in [0.15, 0.2) is 0 Å². The van der Waals surface area contributed by atoms with Crippen LogP contribution in [0.2, 0.25) is 0 Å². The Hall–Kier alpha value is -1.96. The van der Waals surface area contributed by atoms with Crippen LogP contribution in [0.25, 0.3) is 0 Å². The third kappa shape index (κ3) is 4.01. The summed E-state index contributed by atoms with van der Waals surface area (Å²) in [4.78, 5) is 4.09. The zero-order chi connectivity index (χ0) is 15.6. The Morgan fingerprint density at radius 1 is 1.33 bits per heavy atom. The molecule has 3 N–H and O–H groups in total. The van der Waals surface area contributed by atoms with Crippen LogP contribution in [0.4, 0.5) is 30.4 Å². The molecule has 0 saturated carbocycles. The number of pyridine rings is 1. The highest BCUT2D eigenvalue weighted by atomic mass is 79.9. The van der Waals surface area contributed by atoms with Crippen molar-refractivity contribution in [3.05, 3.63) is 40.5 Å². The van der Waals surface area contributed by atoms with Gasteiger partial charge in [0.05, 0.1) is 16.4 Å². The van der Waals surface area contributed by atoms with Gasteiger partial charge < -0.3 is 15.8 Å². The van der Waals surface area contributed by atoms with Crippen LogP contribution in [0.3, 0.4) is 0 Å². The van der Waals surface area contributed by atoms with Crippen LogP contribution >= 0.6 is 15.9 Å². The monoisotopic (exact) mass is 361 g/mol. The largest absolute Gasteiger partial charge is 0.573 e. The van der Waals surface area contributed by atoms with Crippen molar-refractivity contribution in [3.63, 3.8) is 0 Å². The van der Waals surface area contributed by atoms with Crippen molar-refractivity contribution in [2.24, 2.45) is 0 Å². The Morgan fingerprint density at radius 3 is 2.71 bits per heavy atom. The van der Waals surface area contributed by atoms with E-state index < -0.39 is 6.36 Å². The van der Waals surface area contributed by atoms with E-state index in [4.69, 9.17) is 5.73 Å². The summed E-state index contributed by atoms with van der Waals surface area (Å²) >= 11 is 3.34. The molecule has 0 aliphatic carbocycles. The smallest absolute Gasteiger partial charge is 0.406 e. The molecule has 0 unspecified atom stereocenters. The first-order chi connectivity index (χ1) is 9.76. The number of hydrogen-bond acceptors (Lipinski definition) is 4. The van der Waals surface area contributed by atoms with Crippen molar-refractivity contribution in [1.29, 1.82) is 0 Å². The molecular formula is C13H11BrF3N3O. The molecule has 0 radical (unpaired) electrons. The van der Waals surface area contributed by atoms with Crippen molar-refractivity contribution in [2.75, 3.05) is 11.1 Å². The van der Waals surface area contributed by atoms with Gasteiger partial charge in [-0.3, -0.25) is 0 Å².